The first kappa shape index (κ1) is 20.2. The summed E-state index contributed by atoms with van der Waals surface area (Å²) in [5, 5.41) is 7.54. The van der Waals surface area contributed by atoms with Crippen LogP contribution in [0, 0.1) is 13.8 Å². The van der Waals surface area contributed by atoms with Crippen LogP contribution in [0.2, 0.25) is 0 Å². The van der Waals surface area contributed by atoms with E-state index in [-0.39, 0.29) is 17.5 Å². The van der Waals surface area contributed by atoms with E-state index in [1.807, 2.05) is 30.3 Å². The monoisotopic (exact) mass is 430 g/mol. The summed E-state index contributed by atoms with van der Waals surface area (Å²) in [6, 6.07) is 12.4. The molecule has 3 heterocycles. The fraction of sp³-hybridized carbons (Fsp3) is 0.429. The molecule has 0 spiro atoms. The van der Waals surface area contributed by atoms with Crippen LogP contribution in [0.15, 0.2) is 46.5 Å². The van der Waals surface area contributed by atoms with Gasteiger partial charge in [0.15, 0.2) is 15.0 Å². The Morgan fingerprint density at radius 1 is 1.24 bits per heavy atom. The largest absolute Gasteiger partial charge is 0.344 e. The predicted molar refractivity (Wildman–Crippen MR) is 121 cm³/mol. The highest BCUT2D eigenvalue weighted by atomic mass is 32.2. The van der Waals surface area contributed by atoms with E-state index in [1.54, 1.807) is 11.8 Å². The van der Waals surface area contributed by atoms with Crippen molar-refractivity contribution in [3.8, 4) is 0 Å². The van der Waals surface area contributed by atoms with Gasteiger partial charge in [-0.1, -0.05) is 42.1 Å². The summed E-state index contributed by atoms with van der Waals surface area (Å²) in [7, 11) is -0.988. The molecule has 8 heteroatoms. The lowest BCUT2D eigenvalue weighted by Gasteiger charge is -2.23. The second kappa shape index (κ2) is 7.99. The Morgan fingerprint density at radius 2 is 2.00 bits per heavy atom. The first-order valence-electron chi connectivity index (χ1n) is 9.75. The van der Waals surface area contributed by atoms with E-state index < -0.39 is 9.84 Å². The van der Waals surface area contributed by atoms with Crippen molar-refractivity contribution in [3.05, 3.63) is 58.9 Å². The lowest BCUT2D eigenvalue weighted by atomic mass is 10.1. The van der Waals surface area contributed by atoms with E-state index in [4.69, 9.17) is 10.1 Å². The molecule has 1 saturated heterocycles. The maximum absolute atomic E-state index is 11.9. The summed E-state index contributed by atoms with van der Waals surface area (Å²) < 4.78 is 26.0. The van der Waals surface area contributed by atoms with Crippen molar-refractivity contribution in [2.45, 2.75) is 32.9 Å². The summed E-state index contributed by atoms with van der Waals surface area (Å²) in [4.78, 5) is 4.71. The first-order valence-corrected chi connectivity index (χ1v) is 12.6. The van der Waals surface area contributed by atoms with Gasteiger partial charge in [-0.05, 0) is 31.9 Å². The Hall–Kier alpha value is -2.06. The number of nitrogens with zero attached hydrogens (tertiary/aromatic N) is 4. The summed E-state index contributed by atoms with van der Waals surface area (Å²) in [5.74, 6) is 1.27. The standard InChI is InChI=1S/C21H26N4O2S2/c1-15-11-19(16(2)25(15)18-9-10-29(26,27)14-18)20-13-28-21(24(3)23-20)22-12-17-7-5-4-6-8-17/h4-8,11,18H,9-10,12-14H2,1-3H3. The summed E-state index contributed by atoms with van der Waals surface area (Å²) in [5.41, 5.74) is 5.49. The van der Waals surface area contributed by atoms with E-state index in [0.29, 0.717) is 13.0 Å². The average Bonchev–Trinajstić information content (AvgIpc) is 3.19. The SMILES string of the molecule is Cc1cc(C2=NN(C)C(=NCc3ccccc3)SC2)c(C)n1C1CCS(=O)(=O)C1. The van der Waals surface area contributed by atoms with Gasteiger partial charge in [0.1, 0.15) is 0 Å². The zero-order chi connectivity index (χ0) is 20.6. The van der Waals surface area contributed by atoms with Gasteiger partial charge in [0.25, 0.3) is 0 Å². The lowest BCUT2D eigenvalue weighted by molar-refractivity contribution is 0.534. The molecule has 154 valence electrons. The van der Waals surface area contributed by atoms with E-state index in [0.717, 1.165) is 33.6 Å². The van der Waals surface area contributed by atoms with Gasteiger partial charge in [0, 0.05) is 35.8 Å². The van der Waals surface area contributed by atoms with Crippen molar-refractivity contribution in [1.29, 1.82) is 0 Å². The smallest absolute Gasteiger partial charge is 0.180 e. The molecule has 1 aromatic heterocycles. The zero-order valence-corrected chi connectivity index (χ0v) is 18.6. The second-order valence-electron chi connectivity index (χ2n) is 7.66. The summed E-state index contributed by atoms with van der Waals surface area (Å²) in [6.07, 6.45) is 0.690. The third-order valence-corrected chi connectivity index (χ3v) is 8.31. The molecule has 1 fully saturated rings. The molecule has 0 amide bonds. The fourth-order valence-corrected chi connectivity index (χ4v) is 6.67. The topological polar surface area (TPSA) is 67.0 Å². The Bertz CT molecular complexity index is 1070. The van der Waals surface area contributed by atoms with Crippen molar-refractivity contribution in [2.24, 2.45) is 10.1 Å². The van der Waals surface area contributed by atoms with E-state index >= 15 is 0 Å². The molecular weight excluding hydrogens is 404 g/mol. The number of hydrogen-bond donors (Lipinski definition) is 0. The number of benzene rings is 1. The average molecular weight is 431 g/mol. The van der Waals surface area contributed by atoms with E-state index in [9.17, 15) is 8.42 Å². The van der Waals surface area contributed by atoms with Crippen LogP contribution in [0.1, 0.15) is 35.0 Å². The van der Waals surface area contributed by atoms with Gasteiger partial charge in [-0.15, -0.1) is 0 Å². The highest BCUT2D eigenvalue weighted by Crippen LogP contribution is 2.30. The number of hydrogen-bond acceptors (Lipinski definition) is 5. The summed E-state index contributed by atoms with van der Waals surface area (Å²) >= 11 is 1.69. The van der Waals surface area contributed by atoms with Crippen LogP contribution in [0.3, 0.4) is 0 Å². The van der Waals surface area contributed by atoms with Gasteiger partial charge in [0.2, 0.25) is 0 Å². The highest BCUT2D eigenvalue weighted by Gasteiger charge is 2.32. The molecule has 0 saturated carbocycles. The molecule has 1 atom stereocenters. The maximum Gasteiger partial charge on any atom is 0.180 e. The quantitative estimate of drug-likeness (QED) is 0.746. The predicted octanol–water partition coefficient (Wildman–Crippen LogP) is 3.40. The van der Waals surface area contributed by atoms with E-state index in [1.165, 1.54) is 5.56 Å². The number of aryl methyl sites for hydroxylation is 1. The van der Waals surface area contributed by atoms with Gasteiger partial charge in [-0.25, -0.2) is 13.4 Å². The molecule has 0 N–H and O–H groups in total. The minimum absolute atomic E-state index is 0.0336. The Labute approximate surface area is 176 Å². The van der Waals surface area contributed by atoms with Crippen molar-refractivity contribution >= 4 is 32.5 Å². The number of aliphatic imine (C=N–C) groups is 1. The number of amidine groups is 1. The minimum atomic E-state index is -2.92. The van der Waals surface area contributed by atoms with Crippen LogP contribution in [0.25, 0.3) is 0 Å². The maximum atomic E-state index is 11.9. The van der Waals surface area contributed by atoms with Crippen molar-refractivity contribution in [2.75, 3.05) is 24.3 Å². The van der Waals surface area contributed by atoms with Crippen molar-refractivity contribution < 1.29 is 8.42 Å². The Morgan fingerprint density at radius 3 is 2.66 bits per heavy atom. The third kappa shape index (κ3) is 4.28. The Balaban J connectivity index is 1.55. The number of rotatable bonds is 4. The van der Waals surface area contributed by atoms with Gasteiger partial charge in [0.05, 0.1) is 23.8 Å². The lowest BCUT2D eigenvalue weighted by Crippen LogP contribution is -2.28. The van der Waals surface area contributed by atoms with Crippen LogP contribution in [-0.2, 0) is 16.4 Å². The Kier molecular flexibility index (Phi) is 5.57. The zero-order valence-electron chi connectivity index (χ0n) is 17.0. The molecular formula is C21H26N4O2S2. The molecule has 2 aliphatic rings. The van der Waals surface area contributed by atoms with Gasteiger partial charge in [-0.2, -0.15) is 5.10 Å². The van der Waals surface area contributed by atoms with Gasteiger partial charge >= 0.3 is 0 Å². The second-order valence-corrected chi connectivity index (χ2v) is 10.8. The normalized spacial score (nSPS) is 22.9. The number of hydrazone groups is 1. The molecule has 1 aromatic carbocycles. The summed E-state index contributed by atoms with van der Waals surface area (Å²) in [6.45, 7) is 4.76. The van der Waals surface area contributed by atoms with Crippen LogP contribution in [0.4, 0.5) is 0 Å². The van der Waals surface area contributed by atoms with Crippen molar-refractivity contribution in [3.63, 3.8) is 0 Å². The first-order chi connectivity index (χ1) is 13.8. The molecule has 4 rings (SSSR count). The minimum Gasteiger partial charge on any atom is -0.344 e. The molecule has 0 bridgehead atoms. The van der Waals surface area contributed by atoms with Gasteiger partial charge in [-0.3, -0.25) is 4.99 Å². The highest BCUT2D eigenvalue weighted by molar-refractivity contribution is 8.14. The van der Waals surface area contributed by atoms with Gasteiger partial charge < -0.3 is 4.57 Å². The molecule has 0 radical (unpaired) electrons. The third-order valence-electron chi connectivity index (χ3n) is 5.49. The number of aromatic nitrogens is 1. The van der Waals surface area contributed by atoms with E-state index in [2.05, 4.69) is 36.6 Å². The number of thioether (sulfide) groups is 1. The van der Waals surface area contributed by atoms with Crippen LogP contribution in [0.5, 0.6) is 0 Å². The van der Waals surface area contributed by atoms with Crippen LogP contribution in [-0.4, -0.2) is 53.2 Å². The van der Waals surface area contributed by atoms with Crippen molar-refractivity contribution in [1.82, 2.24) is 9.58 Å². The molecule has 1 unspecified atom stereocenters. The fourth-order valence-electron chi connectivity index (χ4n) is 4.11. The van der Waals surface area contributed by atoms with Crippen LogP contribution < -0.4 is 0 Å². The molecule has 6 nitrogen and oxygen atoms in total. The molecule has 0 aliphatic carbocycles. The van der Waals surface area contributed by atoms with Crippen LogP contribution >= 0.6 is 11.8 Å². The molecule has 2 aromatic rings. The molecule has 29 heavy (non-hydrogen) atoms. The molecule has 2 aliphatic heterocycles. The number of sulfone groups is 1.